The molecular formula is C25H26N2O5S. The van der Waals surface area contributed by atoms with Crippen LogP contribution in [0.4, 0.5) is 11.4 Å². The Morgan fingerprint density at radius 1 is 0.939 bits per heavy atom. The van der Waals surface area contributed by atoms with E-state index < -0.39 is 28.0 Å². The van der Waals surface area contributed by atoms with Crippen molar-refractivity contribution in [2.75, 3.05) is 16.7 Å². The molecule has 7 nitrogen and oxygen atoms in total. The first kappa shape index (κ1) is 24.0. The Bertz CT molecular complexity index is 1210. The Hall–Kier alpha value is -3.65. The molecular weight excluding hydrogens is 440 g/mol. The summed E-state index contributed by atoms with van der Waals surface area (Å²) in [5.74, 6) is -1.18. The molecule has 0 aromatic heterocycles. The fraction of sp³-hybridized carbons (Fsp3) is 0.200. The predicted octanol–water partition coefficient (Wildman–Crippen LogP) is 4.26. The van der Waals surface area contributed by atoms with Crippen molar-refractivity contribution in [2.24, 2.45) is 0 Å². The van der Waals surface area contributed by atoms with Crippen molar-refractivity contribution in [3.05, 3.63) is 90.0 Å². The molecule has 0 aliphatic heterocycles. The van der Waals surface area contributed by atoms with Crippen LogP contribution >= 0.6 is 0 Å². The standard InChI is InChI=1S/C25H26N2O5S/c1-4-19-10-14-21(15-11-19)26-24(28)18(2)32-25(29)20-12-16-23(17-13-20)33(30,31)27(3)22-8-6-5-7-9-22/h5-18H,4H2,1-3H3,(H,26,28). The molecule has 3 aromatic carbocycles. The van der Waals surface area contributed by atoms with Crippen LogP contribution in [0.15, 0.2) is 83.8 Å². The highest BCUT2D eigenvalue weighted by molar-refractivity contribution is 7.92. The third kappa shape index (κ3) is 5.78. The van der Waals surface area contributed by atoms with E-state index in [4.69, 9.17) is 4.74 Å². The van der Waals surface area contributed by atoms with Crippen LogP contribution in [0.2, 0.25) is 0 Å². The van der Waals surface area contributed by atoms with Gasteiger partial charge in [0.1, 0.15) is 0 Å². The van der Waals surface area contributed by atoms with Crippen LogP contribution < -0.4 is 9.62 Å². The fourth-order valence-electron chi connectivity index (χ4n) is 3.05. The number of hydrogen-bond donors (Lipinski definition) is 1. The summed E-state index contributed by atoms with van der Waals surface area (Å²) in [4.78, 5) is 24.8. The zero-order valence-corrected chi connectivity index (χ0v) is 19.5. The van der Waals surface area contributed by atoms with Gasteiger partial charge in [0.05, 0.1) is 16.1 Å². The second kappa shape index (κ2) is 10.3. The number of benzene rings is 3. The number of anilines is 2. The lowest BCUT2D eigenvalue weighted by atomic mass is 10.1. The van der Waals surface area contributed by atoms with Gasteiger partial charge in [0.25, 0.3) is 15.9 Å². The van der Waals surface area contributed by atoms with Gasteiger partial charge in [-0.05, 0) is 67.4 Å². The molecule has 33 heavy (non-hydrogen) atoms. The van der Waals surface area contributed by atoms with Crippen molar-refractivity contribution in [1.82, 2.24) is 0 Å². The van der Waals surface area contributed by atoms with E-state index in [1.165, 1.54) is 42.5 Å². The van der Waals surface area contributed by atoms with Gasteiger partial charge >= 0.3 is 5.97 Å². The van der Waals surface area contributed by atoms with Gasteiger partial charge in [-0.3, -0.25) is 9.10 Å². The number of para-hydroxylation sites is 1. The molecule has 0 aliphatic rings. The summed E-state index contributed by atoms with van der Waals surface area (Å²) in [5, 5.41) is 2.71. The largest absolute Gasteiger partial charge is 0.449 e. The van der Waals surface area contributed by atoms with Crippen molar-refractivity contribution < 1.29 is 22.7 Å². The van der Waals surface area contributed by atoms with E-state index in [0.29, 0.717) is 11.4 Å². The van der Waals surface area contributed by atoms with Gasteiger partial charge in [0.15, 0.2) is 6.10 Å². The highest BCUT2D eigenvalue weighted by atomic mass is 32.2. The highest BCUT2D eigenvalue weighted by Crippen LogP contribution is 2.22. The maximum absolute atomic E-state index is 12.9. The van der Waals surface area contributed by atoms with E-state index in [0.717, 1.165) is 12.0 Å². The lowest BCUT2D eigenvalue weighted by molar-refractivity contribution is -0.123. The quantitative estimate of drug-likeness (QED) is 0.501. The van der Waals surface area contributed by atoms with Crippen molar-refractivity contribution in [2.45, 2.75) is 31.3 Å². The Morgan fingerprint density at radius 3 is 2.12 bits per heavy atom. The van der Waals surface area contributed by atoms with Crippen LogP contribution in [0.5, 0.6) is 0 Å². The summed E-state index contributed by atoms with van der Waals surface area (Å²) >= 11 is 0. The smallest absolute Gasteiger partial charge is 0.338 e. The third-order valence-electron chi connectivity index (χ3n) is 5.15. The maximum atomic E-state index is 12.9. The Kier molecular flexibility index (Phi) is 7.50. The molecule has 0 bridgehead atoms. The van der Waals surface area contributed by atoms with E-state index in [-0.39, 0.29) is 10.5 Å². The van der Waals surface area contributed by atoms with Gasteiger partial charge in [-0.2, -0.15) is 0 Å². The minimum Gasteiger partial charge on any atom is -0.449 e. The van der Waals surface area contributed by atoms with Crippen LogP contribution in [0.3, 0.4) is 0 Å². The number of nitrogens with one attached hydrogen (secondary N) is 1. The number of esters is 1. The Morgan fingerprint density at radius 2 is 1.55 bits per heavy atom. The molecule has 0 saturated carbocycles. The molecule has 1 N–H and O–H groups in total. The van der Waals surface area contributed by atoms with E-state index >= 15 is 0 Å². The summed E-state index contributed by atoms with van der Waals surface area (Å²) < 4.78 is 32.1. The second-order valence-electron chi connectivity index (χ2n) is 7.42. The number of hydrogen-bond acceptors (Lipinski definition) is 5. The summed E-state index contributed by atoms with van der Waals surface area (Å²) in [5.41, 5.74) is 2.42. The number of ether oxygens (including phenoxy) is 1. The molecule has 0 heterocycles. The summed E-state index contributed by atoms with van der Waals surface area (Å²) in [6.07, 6.45) is -0.138. The minimum absolute atomic E-state index is 0.0340. The average molecular weight is 467 g/mol. The van der Waals surface area contributed by atoms with E-state index in [1.807, 2.05) is 19.1 Å². The average Bonchev–Trinajstić information content (AvgIpc) is 2.84. The van der Waals surface area contributed by atoms with Gasteiger partial charge in [-0.1, -0.05) is 37.3 Å². The van der Waals surface area contributed by atoms with Crippen LogP contribution in [-0.4, -0.2) is 33.4 Å². The molecule has 1 unspecified atom stereocenters. The van der Waals surface area contributed by atoms with Crippen molar-refractivity contribution in [3.63, 3.8) is 0 Å². The molecule has 8 heteroatoms. The Labute approximate surface area is 194 Å². The van der Waals surface area contributed by atoms with E-state index in [2.05, 4.69) is 5.32 Å². The number of carbonyl (C=O) groups excluding carboxylic acids is 2. The molecule has 1 atom stereocenters. The van der Waals surface area contributed by atoms with E-state index in [1.54, 1.807) is 42.5 Å². The van der Waals surface area contributed by atoms with Crippen molar-refractivity contribution in [3.8, 4) is 0 Å². The number of aryl methyl sites for hydroxylation is 1. The lowest BCUT2D eigenvalue weighted by Gasteiger charge is -2.19. The SMILES string of the molecule is CCc1ccc(NC(=O)C(C)OC(=O)c2ccc(S(=O)(=O)N(C)c3ccccc3)cc2)cc1. The third-order valence-corrected chi connectivity index (χ3v) is 6.95. The molecule has 0 saturated heterocycles. The Balaban J connectivity index is 1.64. The van der Waals surface area contributed by atoms with Crippen LogP contribution in [-0.2, 0) is 26.0 Å². The summed E-state index contributed by atoms with van der Waals surface area (Å²) in [7, 11) is -2.33. The zero-order chi connectivity index (χ0) is 24.0. The lowest BCUT2D eigenvalue weighted by Crippen LogP contribution is -2.30. The molecule has 3 rings (SSSR count). The molecule has 0 spiro atoms. The number of rotatable bonds is 8. The van der Waals surface area contributed by atoms with Gasteiger partial charge in [-0.25, -0.2) is 13.2 Å². The van der Waals surface area contributed by atoms with Crippen LogP contribution in [0.1, 0.15) is 29.8 Å². The van der Waals surface area contributed by atoms with Crippen LogP contribution in [0.25, 0.3) is 0 Å². The minimum atomic E-state index is -3.79. The maximum Gasteiger partial charge on any atom is 0.338 e. The molecule has 0 fully saturated rings. The first-order valence-electron chi connectivity index (χ1n) is 10.5. The summed E-state index contributed by atoms with van der Waals surface area (Å²) in [6, 6.07) is 21.5. The van der Waals surface area contributed by atoms with Gasteiger partial charge < -0.3 is 10.1 Å². The van der Waals surface area contributed by atoms with Gasteiger partial charge in [0.2, 0.25) is 0 Å². The van der Waals surface area contributed by atoms with Gasteiger partial charge in [-0.15, -0.1) is 0 Å². The number of sulfonamides is 1. The first-order chi connectivity index (χ1) is 15.7. The first-order valence-corrected chi connectivity index (χ1v) is 11.9. The number of amides is 1. The molecule has 172 valence electrons. The predicted molar refractivity (Wildman–Crippen MR) is 128 cm³/mol. The summed E-state index contributed by atoms with van der Waals surface area (Å²) in [6.45, 7) is 3.51. The fourth-order valence-corrected chi connectivity index (χ4v) is 4.24. The van der Waals surface area contributed by atoms with Gasteiger partial charge in [0, 0.05) is 12.7 Å². The van der Waals surface area contributed by atoms with Crippen molar-refractivity contribution in [1.29, 1.82) is 0 Å². The highest BCUT2D eigenvalue weighted by Gasteiger charge is 2.23. The molecule has 1 amide bonds. The normalized spacial score (nSPS) is 12.0. The number of nitrogens with zero attached hydrogens (tertiary/aromatic N) is 1. The van der Waals surface area contributed by atoms with Crippen LogP contribution in [0, 0.1) is 0 Å². The molecule has 3 aromatic rings. The second-order valence-corrected chi connectivity index (χ2v) is 9.39. The van der Waals surface area contributed by atoms with E-state index in [9.17, 15) is 18.0 Å². The monoisotopic (exact) mass is 466 g/mol. The number of carbonyl (C=O) groups is 2. The molecule has 0 radical (unpaired) electrons. The zero-order valence-electron chi connectivity index (χ0n) is 18.7. The molecule has 0 aliphatic carbocycles. The topological polar surface area (TPSA) is 92.8 Å². The van der Waals surface area contributed by atoms with Crippen molar-refractivity contribution >= 4 is 33.3 Å².